The molecule has 1 amide bonds. The lowest BCUT2D eigenvalue weighted by molar-refractivity contribution is -0.122. The van der Waals surface area contributed by atoms with Gasteiger partial charge in [-0.3, -0.25) is 9.69 Å². The highest BCUT2D eigenvalue weighted by Crippen LogP contribution is 2.06. The molecule has 0 aliphatic carbocycles. The quantitative estimate of drug-likeness (QED) is 0.794. The Balaban J connectivity index is 2.43. The summed E-state index contributed by atoms with van der Waals surface area (Å²) in [7, 11) is 1.94. The number of nitrogens with zero attached hydrogens (tertiary/aromatic N) is 1. The van der Waals surface area contributed by atoms with Crippen LogP contribution in [-0.2, 0) is 17.9 Å². The SMILES string of the molecule is CC(C)NC(=O)CN(C)Cc1ccc(CN)cc1. The molecule has 1 rings (SSSR count). The maximum atomic E-state index is 11.6. The molecule has 4 nitrogen and oxygen atoms in total. The van der Waals surface area contributed by atoms with Crippen LogP contribution >= 0.6 is 0 Å². The van der Waals surface area contributed by atoms with E-state index >= 15 is 0 Å². The van der Waals surface area contributed by atoms with Crippen molar-refractivity contribution in [2.45, 2.75) is 33.0 Å². The van der Waals surface area contributed by atoms with Gasteiger partial charge in [0.1, 0.15) is 0 Å². The van der Waals surface area contributed by atoms with Crippen LogP contribution in [-0.4, -0.2) is 30.4 Å². The largest absolute Gasteiger partial charge is 0.353 e. The average Bonchev–Trinajstić information content (AvgIpc) is 2.28. The van der Waals surface area contributed by atoms with Crippen molar-refractivity contribution in [3.05, 3.63) is 35.4 Å². The summed E-state index contributed by atoms with van der Waals surface area (Å²) in [5.74, 6) is 0.0612. The van der Waals surface area contributed by atoms with Crippen LogP contribution in [0.15, 0.2) is 24.3 Å². The van der Waals surface area contributed by atoms with E-state index < -0.39 is 0 Å². The second-order valence-corrected chi connectivity index (χ2v) is 4.92. The zero-order valence-electron chi connectivity index (χ0n) is 11.4. The number of benzene rings is 1. The first-order chi connectivity index (χ1) is 8.51. The highest BCUT2D eigenvalue weighted by Gasteiger charge is 2.07. The summed E-state index contributed by atoms with van der Waals surface area (Å²) in [5, 5.41) is 2.88. The topological polar surface area (TPSA) is 58.4 Å². The minimum atomic E-state index is 0.0612. The Morgan fingerprint density at radius 3 is 2.33 bits per heavy atom. The smallest absolute Gasteiger partial charge is 0.234 e. The number of amides is 1. The van der Waals surface area contributed by atoms with Crippen molar-refractivity contribution in [3.63, 3.8) is 0 Å². The van der Waals surface area contributed by atoms with Crippen molar-refractivity contribution in [2.24, 2.45) is 5.73 Å². The predicted octanol–water partition coefficient (Wildman–Crippen LogP) is 1.10. The number of rotatable bonds is 6. The number of nitrogens with one attached hydrogen (secondary N) is 1. The Bertz CT molecular complexity index is 373. The summed E-state index contributed by atoms with van der Waals surface area (Å²) < 4.78 is 0. The van der Waals surface area contributed by atoms with Crippen molar-refractivity contribution in [2.75, 3.05) is 13.6 Å². The zero-order valence-corrected chi connectivity index (χ0v) is 11.4. The van der Waals surface area contributed by atoms with Crippen LogP contribution in [0.5, 0.6) is 0 Å². The molecule has 18 heavy (non-hydrogen) atoms. The van der Waals surface area contributed by atoms with Crippen LogP contribution < -0.4 is 11.1 Å². The standard InChI is InChI=1S/C14H23N3O/c1-11(2)16-14(18)10-17(3)9-13-6-4-12(8-15)5-7-13/h4-7,11H,8-10,15H2,1-3H3,(H,16,18). The van der Waals surface area contributed by atoms with Crippen LogP contribution in [0, 0.1) is 0 Å². The van der Waals surface area contributed by atoms with Gasteiger partial charge >= 0.3 is 0 Å². The van der Waals surface area contributed by atoms with E-state index in [1.165, 1.54) is 5.56 Å². The number of hydrogen-bond donors (Lipinski definition) is 2. The fourth-order valence-corrected chi connectivity index (χ4v) is 1.76. The van der Waals surface area contributed by atoms with Crippen molar-refractivity contribution >= 4 is 5.91 Å². The van der Waals surface area contributed by atoms with E-state index in [9.17, 15) is 4.79 Å². The highest BCUT2D eigenvalue weighted by atomic mass is 16.2. The van der Waals surface area contributed by atoms with Gasteiger partial charge in [0.25, 0.3) is 0 Å². The van der Waals surface area contributed by atoms with Crippen molar-refractivity contribution < 1.29 is 4.79 Å². The fraction of sp³-hybridized carbons (Fsp3) is 0.500. The molecular weight excluding hydrogens is 226 g/mol. The van der Waals surface area contributed by atoms with Crippen LogP contribution in [0.1, 0.15) is 25.0 Å². The van der Waals surface area contributed by atoms with Gasteiger partial charge in [-0.1, -0.05) is 24.3 Å². The van der Waals surface area contributed by atoms with E-state index in [1.54, 1.807) is 0 Å². The minimum Gasteiger partial charge on any atom is -0.353 e. The Hall–Kier alpha value is -1.39. The van der Waals surface area contributed by atoms with Crippen LogP contribution in [0.4, 0.5) is 0 Å². The van der Waals surface area contributed by atoms with Crippen molar-refractivity contribution in [1.82, 2.24) is 10.2 Å². The monoisotopic (exact) mass is 249 g/mol. The second kappa shape index (κ2) is 7.13. The van der Waals surface area contributed by atoms with E-state index in [1.807, 2.05) is 37.9 Å². The van der Waals surface area contributed by atoms with Gasteiger partial charge in [-0.2, -0.15) is 0 Å². The third-order valence-electron chi connectivity index (χ3n) is 2.57. The molecule has 0 fully saturated rings. The Morgan fingerprint density at radius 2 is 1.83 bits per heavy atom. The molecule has 0 aliphatic heterocycles. The lowest BCUT2D eigenvalue weighted by atomic mass is 10.1. The van der Waals surface area contributed by atoms with Crippen molar-refractivity contribution in [1.29, 1.82) is 0 Å². The lowest BCUT2D eigenvalue weighted by Gasteiger charge is -2.17. The predicted molar refractivity (Wildman–Crippen MR) is 73.9 cm³/mol. The molecule has 0 radical (unpaired) electrons. The maximum absolute atomic E-state index is 11.6. The third kappa shape index (κ3) is 5.29. The molecule has 0 heterocycles. The summed E-state index contributed by atoms with van der Waals surface area (Å²) in [4.78, 5) is 13.6. The van der Waals surface area contributed by atoms with Gasteiger partial charge in [-0.15, -0.1) is 0 Å². The van der Waals surface area contributed by atoms with Gasteiger partial charge in [0.05, 0.1) is 6.54 Å². The molecule has 0 saturated carbocycles. The molecule has 4 heteroatoms. The normalized spacial score (nSPS) is 11.0. The summed E-state index contributed by atoms with van der Waals surface area (Å²) in [6, 6.07) is 8.35. The third-order valence-corrected chi connectivity index (χ3v) is 2.57. The zero-order chi connectivity index (χ0) is 13.5. The molecule has 0 atom stereocenters. The van der Waals surface area contributed by atoms with Crippen LogP contribution in [0.2, 0.25) is 0 Å². The molecule has 1 aromatic carbocycles. The molecule has 3 N–H and O–H groups in total. The number of nitrogens with two attached hydrogens (primary N) is 1. The molecule has 0 aromatic heterocycles. The van der Waals surface area contributed by atoms with Gasteiger partial charge < -0.3 is 11.1 Å². The summed E-state index contributed by atoms with van der Waals surface area (Å²) in [5.41, 5.74) is 7.86. The van der Waals surface area contributed by atoms with E-state index in [2.05, 4.69) is 17.4 Å². The highest BCUT2D eigenvalue weighted by molar-refractivity contribution is 5.78. The second-order valence-electron chi connectivity index (χ2n) is 4.92. The maximum Gasteiger partial charge on any atom is 0.234 e. The van der Waals surface area contributed by atoms with Gasteiger partial charge in [0.15, 0.2) is 0 Å². The molecule has 0 saturated heterocycles. The minimum absolute atomic E-state index is 0.0612. The van der Waals surface area contributed by atoms with Gasteiger partial charge in [0, 0.05) is 19.1 Å². The Labute approximate surface area is 109 Å². The molecule has 100 valence electrons. The summed E-state index contributed by atoms with van der Waals surface area (Å²) in [6.45, 7) is 5.66. The molecule has 1 aromatic rings. The summed E-state index contributed by atoms with van der Waals surface area (Å²) >= 11 is 0. The number of hydrogen-bond acceptors (Lipinski definition) is 3. The molecule has 0 bridgehead atoms. The molecule has 0 unspecified atom stereocenters. The lowest BCUT2D eigenvalue weighted by Crippen LogP contribution is -2.38. The van der Waals surface area contributed by atoms with Gasteiger partial charge in [-0.25, -0.2) is 0 Å². The van der Waals surface area contributed by atoms with E-state index in [0.29, 0.717) is 13.1 Å². The summed E-state index contributed by atoms with van der Waals surface area (Å²) in [6.07, 6.45) is 0. The Morgan fingerprint density at radius 1 is 1.28 bits per heavy atom. The molecule has 0 spiro atoms. The van der Waals surface area contributed by atoms with E-state index in [0.717, 1.165) is 12.1 Å². The number of carbonyl (C=O) groups is 1. The first kappa shape index (κ1) is 14.7. The van der Waals surface area contributed by atoms with Gasteiger partial charge in [0.2, 0.25) is 5.91 Å². The number of likely N-dealkylation sites (N-methyl/N-ethyl adjacent to an activating group) is 1. The molecule has 0 aliphatic rings. The van der Waals surface area contributed by atoms with Gasteiger partial charge in [-0.05, 0) is 32.0 Å². The Kier molecular flexibility index (Phi) is 5.82. The van der Waals surface area contributed by atoms with Crippen LogP contribution in [0.3, 0.4) is 0 Å². The van der Waals surface area contributed by atoms with E-state index in [-0.39, 0.29) is 11.9 Å². The average molecular weight is 249 g/mol. The van der Waals surface area contributed by atoms with Crippen LogP contribution in [0.25, 0.3) is 0 Å². The first-order valence-corrected chi connectivity index (χ1v) is 6.27. The fourth-order valence-electron chi connectivity index (χ4n) is 1.76. The molecular formula is C14H23N3O. The van der Waals surface area contributed by atoms with E-state index in [4.69, 9.17) is 5.73 Å². The number of carbonyl (C=O) groups excluding carboxylic acids is 1. The first-order valence-electron chi connectivity index (χ1n) is 6.27. The van der Waals surface area contributed by atoms with Crippen molar-refractivity contribution in [3.8, 4) is 0 Å².